The second-order valence-corrected chi connectivity index (χ2v) is 5.36. The van der Waals surface area contributed by atoms with Gasteiger partial charge in [-0.2, -0.15) is 5.26 Å². The zero-order valence-corrected chi connectivity index (χ0v) is 13.5. The Hall–Kier alpha value is -3.93. The molecule has 2 N–H and O–H groups in total. The molecule has 0 fully saturated rings. The minimum atomic E-state index is 0.607. The quantitative estimate of drug-likeness (QED) is 0.504. The summed E-state index contributed by atoms with van der Waals surface area (Å²) >= 11 is 0. The summed E-state index contributed by atoms with van der Waals surface area (Å²) in [5.74, 6) is 12.3. The Balaban J connectivity index is 1.80. The second kappa shape index (κ2) is 7.56. The molecule has 0 amide bonds. The summed E-state index contributed by atoms with van der Waals surface area (Å²) in [6.45, 7) is 0. The van der Waals surface area contributed by atoms with Crippen LogP contribution in [0.15, 0.2) is 72.8 Å². The number of nitriles is 1. The SMILES string of the molecule is N#Cc1ccc(C#Cc2ccc(C#Cc3ccccc3)c(N)c2)cc1. The van der Waals surface area contributed by atoms with E-state index in [1.54, 1.807) is 12.1 Å². The Bertz CT molecular complexity index is 1050. The number of rotatable bonds is 0. The number of anilines is 1. The van der Waals surface area contributed by atoms with Crippen molar-refractivity contribution in [1.29, 1.82) is 5.26 Å². The maximum atomic E-state index is 8.80. The lowest BCUT2D eigenvalue weighted by atomic mass is 10.1. The average Bonchev–Trinajstić information content (AvgIpc) is 2.67. The van der Waals surface area contributed by atoms with Gasteiger partial charge in [0, 0.05) is 27.9 Å². The van der Waals surface area contributed by atoms with Crippen molar-refractivity contribution in [1.82, 2.24) is 0 Å². The smallest absolute Gasteiger partial charge is 0.0991 e. The van der Waals surface area contributed by atoms with Gasteiger partial charge in [0.25, 0.3) is 0 Å². The first-order valence-corrected chi connectivity index (χ1v) is 7.73. The molecular formula is C23H14N2. The number of benzene rings is 3. The Morgan fingerprint density at radius 2 is 1.16 bits per heavy atom. The van der Waals surface area contributed by atoms with Crippen LogP contribution < -0.4 is 5.73 Å². The van der Waals surface area contributed by atoms with Crippen LogP contribution in [0.4, 0.5) is 5.69 Å². The van der Waals surface area contributed by atoms with Gasteiger partial charge in [0.1, 0.15) is 0 Å². The fraction of sp³-hybridized carbons (Fsp3) is 0. The Labute approximate surface area is 147 Å². The molecule has 0 saturated heterocycles. The third-order valence-electron chi connectivity index (χ3n) is 3.53. The molecule has 3 aromatic carbocycles. The zero-order chi connectivity index (χ0) is 17.5. The molecule has 0 aliphatic heterocycles. The number of nitrogens with zero attached hydrogens (tertiary/aromatic N) is 1. The van der Waals surface area contributed by atoms with E-state index in [1.807, 2.05) is 60.7 Å². The summed E-state index contributed by atoms with van der Waals surface area (Å²) in [4.78, 5) is 0. The summed E-state index contributed by atoms with van der Waals surface area (Å²) in [5, 5.41) is 8.80. The van der Waals surface area contributed by atoms with Crippen LogP contribution in [0.25, 0.3) is 0 Å². The normalized spacial score (nSPS) is 9.08. The largest absolute Gasteiger partial charge is 0.398 e. The first-order valence-electron chi connectivity index (χ1n) is 7.73. The highest BCUT2D eigenvalue weighted by Crippen LogP contribution is 2.13. The molecule has 3 rings (SSSR count). The highest BCUT2D eigenvalue weighted by molar-refractivity contribution is 5.61. The van der Waals surface area contributed by atoms with Crippen molar-refractivity contribution in [3.63, 3.8) is 0 Å². The first-order chi connectivity index (χ1) is 12.2. The van der Waals surface area contributed by atoms with Gasteiger partial charge < -0.3 is 5.73 Å². The van der Waals surface area contributed by atoms with Gasteiger partial charge in [-0.1, -0.05) is 41.9 Å². The highest BCUT2D eigenvalue weighted by Gasteiger charge is 1.97. The fourth-order valence-corrected chi connectivity index (χ4v) is 2.19. The monoisotopic (exact) mass is 318 g/mol. The van der Waals surface area contributed by atoms with E-state index in [2.05, 4.69) is 29.8 Å². The molecule has 2 heteroatoms. The minimum absolute atomic E-state index is 0.607. The van der Waals surface area contributed by atoms with E-state index in [4.69, 9.17) is 11.0 Å². The van der Waals surface area contributed by atoms with E-state index < -0.39 is 0 Å². The summed E-state index contributed by atoms with van der Waals surface area (Å²) in [5.41, 5.74) is 10.7. The van der Waals surface area contributed by atoms with Gasteiger partial charge in [-0.3, -0.25) is 0 Å². The number of nitrogen functional groups attached to an aromatic ring is 1. The summed E-state index contributed by atoms with van der Waals surface area (Å²) in [7, 11) is 0. The van der Waals surface area contributed by atoms with Gasteiger partial charge in [-0.15, -0.1) is 0 Å². The predicted molar refractivity (Wildman–Crippen MR) is 100 cm³/mol. The summed E-state index contributed by atoms with van der Waals surface area (Å²) < 4.78 is 0. The molecule has 3 aromatic rings. The molecule has 0 radical (unpaired) electrons. The number of hydrogen-bond donors (Lipinski definition) is 1. The molecule has 0 heterocycles. The molecule has 0 atom stereocenters. The van der Waals surface area contributed by atoms with E-state index in [1.165, 1.54) is 0 Å². The van der Waals surface area contributed by atoms with Crippen molar-refractivity contribution in [3.8, 4) is 29.8 Å². The van der Waals surface area contributed by atoms with Gasteiger partial charge >= 0.3 is 0 Å². The molecule has 0 saturated carbocycles. The maximum absolute atomic E-state index is 8.80. The molecule has 0 aliphatic carbocycles. The van der Waals surface area contributed by atoms with Crippen molar-refractivity contribution in [2.45, 2.75) is 0 Å². The predicted octanol–water partition coefficient (Wildman–Crippen LogP) is 3.94. The molecule has 2 nitrogen and oxygen atoms in total. The van der Waals surface area contributed by atoms with E-state index >= 15 is 0 Å². The van der Waals surface area contributed by atoms with Crippen LogP contribution in [0.3, 0.4) is 0 Å². The van der Waals surface area contributed by atoms with Crippen LogP contribution in [0.5, 0.6) is 0 Å². The highest BCUT2D eigenvalue weighted by atomic mass is 14.6. The topological polar surface area (TPSA) is 49.8 Å². The van der Waals surface area contributed by atoms with Crippen molar-refractivity contribution in [2.75, 3.05) is 5.73 Å². The Morgan fingerprint density at radius 3 is 1.84 bits per heavy atom. The molecule has 0 spiro atoms. The van der Waals surface area contributed by atoms with E-state index in [0.717, 1.165) is 22.3 Å². The van der Waals surface area contributed by atoms with Crippen molar-refractivity contribution in [2.24, 2.45) is 0 Å². The third kappa shape index (κ3) is 4.29. The Morgan fingerprint density at radius 1 is 0.600 bits per heavy atom. The molecule has 0 unspecified atom stereocenters. The molecular weight excluding hydrogens is 304 g/mol. The van der Waals surface area contributed by atoms with E-state index in [-0.39, 0.29) is 0 Å². The summed E-state index contributed by atoms with van der Waals surface area (Å²) in [6.07, 6.45) is 0. The van der Waals surface area contributed by atoms with Crippen LogP contribution >= 0.6 is 0 Å². The maximum Gasteiger partial charge on any atom is 0.0991 e. The number of hydrogen-bond acceptors (Lipinski definition) is 2. The lowest BCUT2D eigenvalue weighted by Crippen LogP contribution is -1.91. The molecule has 116 valence electrons. The second-order valence-electron chi connectivity index (χ2n) is 5.36. The van der Waals surface area contributed by atoms with Crippen molar-refractivity contribution >= 4 is 5.69 Å². The molecule has 0 bridgehead atoms. The van der Waals surface area contributed by atoms with Crippen molar-refractivity contribution < 1.29 is 0 Å². The Kier molecular flexibility index (Phi) is 4.82. The van der Waals surface area contributed by atoms with Gasteiger partial charge in [-0.25, -0.2) is 0 Å². The van der Waals surface area contributed by atoms with Crippen LogP contribution in [0.2, 0.25) is 0 Å². The third-order valence-corrected chi connectivity index (χ3v) is 3.53. The lowest BCUT2D eigenvalue weighted by Gasteiger charge is -1.99. The van der Waals surface area contributed by atoms with Crippen LogP contribution in [-0.2, 0) is 0 Å². The number of nitrogens with two attached hydrogens (primary N) is 1. The van der Waals surface area contributed by atoms with E-state index in [0.29, 0.717) is 11.3 Å². The minimum Gasteiger partial charge on any atom is -0.398 e. The van der Waals surface area contributed by atoms with Gasteiger partial charge in [0.2, 0.25) is 0 Å². The molecule has 25 heavy (non-hydrogen) atoms. The van der Waals surface area contributed by atoms with Gasteiger partial charge in [-0.05, 0) is 54.6 Å². The van der Waals surface area contributed by atoms with Crippen molar-refractivity contribution in [3.05, 3.63) is 101 Å². The molecule has 0 aliphatic rings. The lowest BCUT2D eigenvalue weighted by molar-refractivity contribution is 1.48. The molecule has 0 aromatic heterocycles. The first kappa shape index (κ1) is 15.9. The van der Waals surface area contributed by atoms with Crippen LogP contribution in [0.1, 0.15) is 27.8 Å². The summed E-state index contributed by atoms with van der Waals surface area (Å²) in [6, 6.07) is 24.6. The van der Waals surface area contributed by atoms with Gasteiger partial charge in [0.05, 0.1) is 11.6 Å². The van der Waals surface area contributed by atoms with Crippen LogP contribution in [0, 0.1) is 35.0 Å². The van der Waals surface area contributed by atoms with Crippen LogP contribution in [-0.4, -0.2) is 0 Å². The van der Waals surface area contributed by atoms with Gasteiger partial charge in [0.15, 0.2) is 0 Å². The fourth-order valence-electron chi connectivity index (χ4n) is 2.19. The zero-order valence-electron chi connectivity index (χ0n) is 13.5. The standard InChI is InChI=1S/C23H14N2/c24-17-21-10-7-19(8-11-21)6-9-20-13-15-22(23(25)16-20)14-12-18-4-2-1-3-5-18/h1-5,7-8,10-11,13,15-16H,25H2. The van der Waals surface area contributed by atoms with E-state index in [9.17, 15) is 0 Å². The average molecular weight is 318 g/mol.